The Labute approximate surface area is 148 Å². The van der Waals surface area contributed by atoms with Gasteiger partial charge in [0.15, 0.2) is 11.5 Å². The molecule has 0 aliphatic carbocycles. The highest BCUT2D eigenvalue weighted by atomic mass is 32.1. The van der Waals surface area contributed by atoms with Gasteiger partial charge in [-0.05, 0) is 37.1 Å². The van der Waals surface area contributed by atoms with Crippen molar-refractivity contribution in [2.45, 2.75) is 43.8 Å². The lowest BCUT2D eigenvalue weighted by Crippen LogP contribution is -2.47. The summed E-state index contributed by atoms with van der Waals surface area (Å²) in [6.45, 7) is 0. The predicted octanol–water partition coefficient (Wildman–Crippen LogP) is 3.00. The van der Waals surface area contributed by atoms with Gasteiger partial charge in [-0.3, -0.25) is 4.79 Å². The van der Waals surface area contributed by atoms with Gasteiger partial charge >= 0.3 is 0 Å². The summed E-state index contributed by atoms with van der Waals surface area (Å²) in [7, 11) is 0. The molecular weight excluding hydrogens is 338 g/mol. The fraction of sp³-hybridized carbons (Fsp3) is 0.412. The monoisotopic (exact) mass is 355 g/mol. The van der Waals surface area contributed by atoms with Crippen LogP contribution in [0.4, 0.5) is 0 Å². The number of carbonyl (C=O) groups is 1. The van der Waals surface area contributed by atoms with Gasteiger partial charge in [0.25, 0.3) is 5.91 Å². The number of thiophene rings is 1. The topological polar surface area (TPSA) is 77.0 Å². The van der Waals surface area contributed by atoms with Crippen LogP contribution in [0, 0.1) is 0 Å². The summed E-state index contributed by atoms with van der Waals surface area (Å²) in [4.78, 5) is 17.8. The second-order valence-electron chi connectivity index (χ2n) is 6.63. The van der Waals surface area contributed by atoms with Crippen LogP contribution in [-0.4, -0.2) is 43.0 Å². The van der Waals surface area contributed by atoms with Crippen LogP contribution in [0.3, 0.4) is 0 Å². The zero-order valence-electron chi connectivity index (χ0n) is 13.5. The van der Waals surface area contributed by atoms with Crippen molar-refractivity contribution >= 4 is 17.2 Å². The van der Waals surface area contributed by atoms with Crippen molar-refractivity contribution in [2.24, 2.45) is 0 Å². The maximum atomic E-state index is 13.0. The molecule has 2 atom stereocenters. The average Bonchev–Trinajstić information content (AvgIpc) is 3.41. The minimum absolute atomic E-state index is 0.0223. The first-order chi connectivity index (χ1) is 12.3. The number of amides is 1. The summed E-state index contributed by atoms with van der Waals surface area (Å²) >= 11 is 1.57. The first kappa shape index (κ1) is 14.8. The first-order valence-corrected chi connectivity index (χ1v) is 9.36. The zero-order chi connectivity index (χ0) is 16.8. The Morgan fingerprint density at radius 3 is 2.60 bits per heavy atom. The molecule has 0 aromatic carbocycles. The second kappa shape index (κ2) is 5.80. The minimum atomic E-state index is -0.0223. The highest BCUT2D eigenvalue weighted by Crippen LogP contribution is 2.41. The lowest BCUT2D eigenvalue weighted by atomic mass is 9.97. The van der Waals surface area contributed by atoms with Crippen molar-refractivity contribution < 1.29 is 9.32 Å². The summed E-state index contributed by atoms with van der Waals surface area (Å²) < 4.78 is 5.38. The fourth-order valence-corrected chi connectivity index (χ4v) is 4.80. The number of hydrogen-bond donors (Lipinski definition) is 0. The van der Waals surface area contributed by atoms with Gasteiger partial charge in [-0.25, -0.2) is 0 Å². The van der Waals surface area contributed by atoms with Crippen LogP contribution in [0.2, 0.25) is 0 Å². The van der Waals surface area contributed by atoms with Crippen LogP contribution in [0.15, 0.2) is 40.5 Å². The summed E-state index contributed by atoms with van der Waals surface area (Å²) in [5.74, 6) is 0.632. The molecule has 5 rings (SSSR count). The van der Waals surface area contributed by atoms with Gasteiger partial charge in [-0.15, -0.1) is 11.3 Å². The van der Waals surface area contributed by atoms with Crippen molar-refractivity contribution in [3.63, 3.8) is 0 Å². The third-order valence-corrected chi connectivity index (χ3v) is 6.08. The summed E-state index contributed by atoms with van der Waals surface area (Å²) in [6, 6.07) is 6.41. The van der Waals surface area contributed by atoms with E-state index in [1.807, 2.05) is 22.4 Å². The molecule has 25 heavy (non-hydrogen) atoms. The van der Waals surface area contributed by atoms with Gasteiger partial charge in [0.2, 0.25) is 0 Å². The molecule has 8 heteroatoms. The molecule has 2 aliphatic heterocycles. The van der Waals surface area contributed by atoms with Crippen molar-refractivity contribution in [1.29, 1.82) is 0 Å². The highest BCUT2D eigenvalue weighted by Gasteiger charge is 2.45. The number of fused-ring (bicyclic) bond motifs is 2. The number of rotatable bonds is 3. The van der Waals surface area contributed by atoms with E-state index >= 15 is 0 Å². The summed E-state index contributed by atoms with van der Waals surface area (Å²) in [5.41, 5.74) is 0.399. The van der Waals surface area contributed by atoms with E-state index in [1.54, 1.807) is 34.6 Å². The molecule has 0 saturated carbocycles. The van der Waals surface area contributed by atoms with Crippen molar-refractivity contribution in [1.82, 2.24) is 25.1 Å². The molecule has 0 radical (unpaired) electrons. The van der Waals surface area contributed by atoms with Crippen LogP contribution in [-0.2, 0) is 0 Å². The number of carbonyl (C=O) groups excluding carboxylic acids is 1. The molecule has 2 unspecified atom stereocenters. The lowest BCUT2D eigenvalue weighted by molar-refractivity contribution is 0.0502. The SMILES string of the molecule is O=C(c1cc(-c2cccs2)on1)N1C2CCC1CC(n1nccn1)C2. The second-order valence-corrected chi connectivity index (χ2v) is 7.57. The Morgan fingerprint density at radius 1 is 1.16 bits per heavy atom. The van der Waals surface area contributed by atoms with Crippen molar-refractivity contribution in [3.8, 4) is 10.6 Å². The van der Waals surface area contributed by atoms with Crippen LogP contribution in [0.1, 0.15) is 42.2 Å². The van der Waals surface area contributed by atoms with Crippen LogP contribution in [0.5, 0.6) is 0 Å². The maximum absolute atomic E-state index is 13.0. The molecule has 3 aromatic heterocycles. The van der Waals surface area contributed by atoms with Gasteiger partial charge in [0.1, 0.15) is 0 Å². The van der Waals surface area contributed by atoms with Crippen molar-refractivity contribution in [3.05, 3.63) is 41.7 Å². The van der Waals surface area contributed by atoms with E-state index in [0.29, 0.717) is 11.5 Å². The molecule has 3 aromatic rings. The smallest absolute Gasteiger partial charge is 0.276 e. The van der Waals surface area contributed by atoms with E-state index in [0.717, 1.165) is 30.6 Å². The van der Waals surface area contributed by atoms with Crippen LogP contribution < -0.4 is 0 Å². The number of piperidine rings is 1. The van der Waals surface area contributed by atoms with E-state index in [-0.39, 0.29) is 24.0 Å². The molecule has 2 aliphatic rings. The normalized spacial score (nSPS) is 25.4. The molecule has 128 valence electrons. The molecule has 0 N–H and O–H groups in total. The number of aromatic nitrogens is 4. The zero-order valence-corrected chi connectivity index (χ0v) is 14.3. The van der Waals surface area contributed by atoms with Gasteiger partial charge in [0.05, 0.1) is 23.3 Å². The maximum Gasteiger partial charge on any atom is 0.276 e. The number of hydrogen-bond acceptors (Lipinski definition) is 6. The third-order valence-electron chi connectivity index (χ3n) is 5.20. The largest absolute Gasteiger partial charge is 0.355 e. The molecule has 0 spiro atoms. The standard InChI is InChI=1S/C17H17N5O2S/c23-17(14-10-15(24-20-14)16-2-1-7-25-16)21-11-3-4-12(21)9-13(8-11)22-18-5-6-19-22/h1-2,5-7,10-13H,3-4,8-9H2. The quantitative estimate of drug-likeness (QED) is 0.722. The van der Waals surface area contributed by atoms with Crippen LogP contribution in [0.25, 0.3) is 10.6 Å². The molecule has 2 bridgehead atoms. The van der Waals surface area contributed by atoms with Gasteiger partial charge in [0, 0.05) is 18.2 Å². The summed E-state index contributed by atoms with van der Waals surface area (Å²) in [5, 5.41) is 14.5. The first-order valence-electron chi connectivity index (χ1n) is 8.48. The van der Waals surface area contributed by atoms with Crippen LogP contribution >= 0.6 is 11.3 Å². The van der Waals surface area contributed by atoms with Crippen molar-refractivity contribution in [2.75, 3.05) is 0 Å². The Hall–Kier alpha value is -2.48. The van der Waals surface area contributed by atoms with E-state index in [2.05, 4.69) is 15.4 Å². The lowest BCUT2D eigenvalue weighted by Gasteiger charge is -2.38. The number of nitrogens with zero attached hydrogens (tertiary/aromatic N) is 5. The molecule has 1 amide bonds. The van der Waals surface area contributed by atoms with E-state index < -0.39 is 0 Å². The average molecular weight is 355 g/mol. The predicted molar refractivity (Wildman–Crippen MR) is 91.1 cm³/mol. The summed E-state index contributed by atoms with van der Waals surface area (Å²) in [6.07, 6.45) is 7.27. The van der Waals surface area contributed by atoms with Gasteiger partial charge in [-0.2, -0.15) is 15.0 Å². The molecule has 5 heterocycles. The minimum Gasteiger partial charge on any atom is -0.355 e. The fourth-order valence-electron chi connectivity index (χ4n) is 4.13. The molecule has 2 fully saturated rings. The van der Waals surface area contributed by atoms with Gasteiger partial charge in [-0.1, -0.05) is 11.2 Å². The Bertz CT molecular complexity index is 859. The Kier molecular flexibility index (Phi) is 3.44. The molecular formula is C17H17N5O2S. The van der Waals surface area contributed by atoms with Gasteiger partial charge < -0.3 is 9.42 Å². The Morgan fingerprint density at radius 2 is 1.92 bits per heavy atom. The highest BCUT2D eigenvalue weighted by molar-refractivity contribution is 7.13. The molecule has 2 saturated heterocycles. The Balaban J connectivity index is 1.37. The molecule has 7 nitrogen and oxygen atoms in total. The van der Waals surface area contributed by atoms with E-state index in [9.17, 15) is 4.79 Å². The van der Waals surface area contributed by atoms with E-state index in [4.69, 9.17) is 4.52 Å². The third kappa shape index (κ3) is 2.48. The van der Waals surface area contributed by atoms with E-state index in [1.165, 1.54) is 0 Å².